The highest BCUT2D eigenvalue weighted by Gasteiger charge is 2.14. The molecule has 0 saturated carbocycles. The monoisotopic (exact) mass is 301 g/mol. The van der Waals surface area contributed by atoms with Crippen molar-refractivity contribution in [3.8, 4) is 0 Å². The number of rotatable bonds is 2. The van der Waals surface area contributed by atoms with E-state index in [4.69, 9.17) is 10.2 Å². The molecule has 3 heteroatoms. The lowest BCUT2D eigenvalue weighted by molar-refractivity contribution is 0.525. The van der Waals surface area contributed by atoms with Gasteiger partial charge in [-0.25, -0.2) is 0 Å². The largest absolute Gasteiger partial charge is 0.459 e. The molecule has 0 saturated heterocycles. The van der Waals surface area contributed by atoms with Gasteiger partial charge in [-0.1, -0.05) is 46.3 Å². The van der Waals surface area contributed by atoms with Crippen molar-refractivity contribution in [3.63, 3.8) is 0 Å². The standard InChI is InChI=1S/C15H12BrNO/c16-12-6-3-5-11(8-12)15(17)14-9-10-4-1-2-7-13(10)18-14/h1-9,15H,17H2. The normalized spacial score (nSPS) is 12.8. The van der Waals surface area contributed by atoms with E-state index in [0.717, 1.165) is 26.8 Å². The van der Waals surface area contributed by atoms with Gasteiger partial charge in [0.15, 0.2) is 0 Å². The number of para-hydroxylation sites is 1. The molecule has 0 amide bonds. The Bertz CT molecular complexity index is 657. The number of fused-ring (bicyclic) bond motifs is 1. The van der Waals surface area contributed by atoms with Gasteiger partial charge in [-0.15, -0.1) is 0 Å². The van der Waals surface area contributed by atoms with Gasteiger partial charge in [-0.05, 0) is 29.8 Å². The maximum absolute atomic E-state index is 6.23. The smallest absolute Gasteiger partial charge is 0.134 e. The van der Waals surface area contributed by atoms with Crippen LogP contribution in [0.1, 0.15) is 17.4 Å². The Labute approximate surface area is 114 Å². The van der Waals surface area contributed by atoms with Gasteiger partial charge >= 0.3 is 0 Å². The van der Waals surface area contributed by atoms with Gasteiger partial charge in [0.2, 0.25) is 0 Å². The molecule has 0 aliphatic carbocycles. The van der Waals surface area contributed by atoms with Crippen LogP contribution in [-0.2, 0) is 0 Å². The van der Waals surface area contributed by atoms with Gasteiger partial charge in [-0.2, -0.15) is 0 Å². The van der Waals surface area contributed by atoms with Crippen molar-refractivity contribution >= 4 is 26.9 Å². The zero-order chi connectivity index (χ0) is 12.5. The molecule has 18 heavy (non-hydrogen) atoms. The van der Waals surface area contributed by atoms with Crippen molar-refractivity contribution in [2.45, 2.75) is 6.04 Å². The first kappa shape index (κ1) is 11.5. The van der Waals surface area contributed by atoms with Gasteiger partial charge in [0.05, 0.1) is 6.04 Å². The summed E-state index contributed by atoms with van der Waals surface area (Å²) in [6, 6.07) is 17.7. The number of benzene rings is 2. The minimum Gasteiger partial charge on any atom is -0.459 e. The van der Waals surface area contributed by atoms with Crippen LogP contribution in [0, 0.1) is 0 Å². The molecule has 2 nitrogen and oxygen atoms in total. The number of halogens is 1. The summed E-state index contributed by atoms with van der Waals surface area (Å²) in [6.45, 7) is 0. The van der Waals surface area contributed by atoms with Crippen molar-refractivity contribution in [1.82, 2.24) is 0 Å². The van der Waals surface area contributed by atoms with Crippen LogP contribution in [-0.4, -0.2) is 0 Å². The summed E-state index contributed by atoms with van der Waals surface area (Å²) in [7, 11) is 0. The van der Waals surface area contributed by atoms with E-state index in [1.165, 1.54) is 0 Å². The number of furan rings is 1. The summed E-state index contributed by atoms with van der Waals surface area (Å²) in [5.41, 5.74) is 8.14. The zero-order valence-corrected chi connectivity index (χ0v) is 11.2. The zero-order valence-electron chi connectivity index (χ0n) is 9.64. The molecule has 2 aromatic carbocycles. The molecule has 3 rings (SSSR count). The van der Waals surface area contributed by atoms with Crippen LogP contribution in [0.3, 0.4) is 0 Å². The van der Waals surface area contributed by atoms with Crippen molar-refractivity contribution in [2.24, 2.45) is 5.73 Å². The molecule has 0 radical (unpaired) electrons. The third-order valence-corrected chi connectivity index (χ3v) is 3.45. The third-order valence-electron chi connectivity index (χ3n) is 2.96. The fourth-order valence-corrected chi connectivity index (χ4v) is 2.44. The van der Waals surface area contributed by atoms with E-state index in [-0.39, 0.29) is 6.04 Å². The van der Waals surface area contributed by atoms with Gasteiger partial charge < -0.3 is 10.2 Å². The summed E-state index contributed by atoms with van der Waals surface area (Å²) < 4.78 is 6.80. The number of nitrogens with two attached hydrogens (primary N) is 1. The molecule has 90 valence electrons. The molecule has 1 atom stereocenters. The maximum atomic E-state index is 6.23. The molecule has 0 aliphatic rings. The quantitative estimate of drug-likeness (QED) is 0.769. The highest BCUT2D eigenvalue weighted by Crippen LogP contribution is 2.27. The molecule has 3 aromatic rings. The fraction of sp³-hybridized carbons (Fsp3) is 0.0667. The second-order valence-electron chi connectivity index (χ2n) is 4.22. The Balaban J connectivity index is 2.03. The van der Waals surface area contributed by atoms with Crippen LogP contribution in [0.4, 0.5) is 0 Å². The summed E-state index contributed by atoms with van der Waals surface area (Å²) in [5, 5.41) is 1.08. The van der Waals surface area contributed by atoms with Gasteiger partial charge in [0.1, 0.15) is 11.3 Å². The molecule has 1 aromatic heterocycles. The van der Waals surface area contributed by atoms with Crippen molar-refractivity contribution in [2.75, 3.05) is 0 Å². The Morgan fingerprint density at radius 2 is 1.83 bits per heavy atom. The lowest BCUT2D eigenvalue weighted by Crippen LogP contribution is -2.10. The summed E-state index contributed by atoms with van der Waals surface area (Å²) in [4.78, 5) is 0. The Hall–Kier alpha value is -1.58. The molecule has 2 N–H and O–H groups in total. The van der Waals surface area contributed by atoms with Crippen molar-refractivity contribution in [3.05, 3.63) is 70.4 Å². The van der Waals surface area contributed by atoms with Crippen molar-refractivity contribution in [1.29, 1.82) is 0 Å². The first-order valence-corrected chi connectivity index (χ1v) is 6.53. The Kier molecular flexibility index (Phi) is 2.94. The van der Waals surface area contributed by atoms with E-state index >= 15 is 0 Å². The topological polar surface area (TPSA) is 39.2 Å². The van der Waals surface area contributed by atoms with E-state index in [9.17, 15) is 0 Å². The predicted octanol–water partition coefficient (Wildman–Crippen LogP) is 4.24. The third kappa shape index (κ3) is 2.07. The van der Waals surface area contributed by atoms with E-state index in [2.05, 4.69) is 15.9 Å². The van der Waals surface area contributed by atoms with E-state index < -0.39 is 0 Å². The molecule has 0 bridgehead atoms. The van der Waals surface area contributed by atoms with Crippen molar-refractivity contribution < 1.29 is 4.42 Å². The minimum atomic E-state index is -0.241. The first-order valence-electron chi connectivity index (χ1n) is 5.73. The summed E-state index contributed by atoms with van der Waals surface area (Å²) >= 11 is 3.45. The maximum Gasteiger partial charge on any atom is 0.134 e. The minimum absolute atomic E-state index is 0.241. The summed E-state index contributed by atoms with van der Waals surface area (Å²) in [5.74, 6) is 0.786. The second-order valence-corrected chi connectivity index (χ2v) is 5.13. The predicted molar refractivity (Wildman–Crippen MR) is 76.4 cm³/mol. The average molecular weight is 302 g/mol. The first-order chi connectivity index (χ1) is 8.74. The lowest BCUT2D eigenvalue weighted by atomic mass is 10.1. The Morgan fingerprint density at radius 1 is 1.00 bits per heavy atom. The Morgan fingerprint density at radius 3 is 2.61 bits per heavy atom. The highest BCUT2D eigenvalue weighted by atomic mass is 79.9. The van der Waals surface area contributed by atoms with Crippen LogP contribution >= 0.6 is 15.9 Å². The van der Waals surface area contributed by atoms with Crippen LogP contribution in [0.15, 0.2) is 63.5 Å². The van der Waals surface area contributed by atoms with Gasteiger partial charge in [0, 0.05) is 9.86 Å². The van der Waals surface area contributed by atoms with E-state index in [1.807, 2.05) is 54.6 Å². The van der Waals surface area contributed by atoms with E-state index in [1.54, 1.807) is 0 Å². The van der Waals surface area contributed by atoms with E-state index in [0.29, 0.717) is 0 Å². The molecule has 0 aliphatic heterocycles. The van der Waals surface area contributed by atoms with Crippen LogP contribution in [0.25, 0.3) is 11.0 Å². The fourth-order valence-electron chi connectivity index (χ4n) is 2.02. The molecular formula is C15H12BrNO. The molecule has 0 spiro atoms. The summed E-state index contributed by atoms with van der Waals surface area (Å²) in [6.07, 6.45) is 0. The number of hydrogen-bond acceptors (Lipinski definition) is 2. The van der Waals surface area contributed by atoms with Crippen LogP contribution in [0.5, 0.6) is 0 Å². The highest BCUT2D eigenvalue weighted by molar-refractivity contribution is 9.10. The molecule has 0 fully saturated rings. The average Bonchev–Trinajstić information content (AvgIpc) is 2.81. The molecule has 1 heterocycles. The SMILES string of the molecule is NC(c1cccc(Br)c1)c1cc2ccccc2o1. The molecular weight excluding hydrogens is 290 g/mol. The number of hydrogen-bond donors (Lipinski definition) is 1. The van der Waals surface area contributed by atoms with Gasteiger partial charge in [-0.3, -0.25) is 0 Å². The van der Waals surface area contributed by atoms with Gasteiger partial charge in [0.25, 0.3) is 0 Å². The molecule has 1 unspecified atom stereocenters. The lowest BCUT2D eigenvalue weighted by Gasteiger charge is -2.09. The van der Waals surface area contributed by atoms with Crippen LogP contribution in [0.2, 0.25) is 0 Å². The second kappa shape index (κ2) is 4.59. The van der Waals surface area contributed by atoms with Crippen LogP contribution < -0.4 is 5.73 Å².